The lowest BCUT2D eigenvalue weighted by atomic mass is 9.93. The zero-order chi connectivity index (χ0) is 70.6. The third kappa shape index (κ3) is 22.2. The van der Waals surface area contributed by atoms with E-state index < -0.39 is 54.1 Å². The number of rotatable bonds is 35. The minimum Gasteiger partial charge on any atom is -0.493 e. The molecular formula is C74H100N8O17. The van der Waals surface area contributed by atoms with E-state index in [1.165, 1.54) is 76.7 Å². The fourth-order valence-corrected chi connectivity index (χ4v) is 12.4. The molecule has 25 nitrogen and oxygen atoms in total. The summed E-state index contributed by atoms with van der Waals surface area (Å²) in [6.45, 7) is 12.0. The quantitative estimate of drug-likeness (QED) is 0.0342. The highest BCUT2D eigenvalue weighted by molar-refractivity contribution is 6.07. The van der Waals surface area contributed by atoms with Gasteiger partial charge in [-0.25, -0.2) is 9.69 Å². The van der Waals surface area contributed by atoms with Crippen LogP contribution in [0.25, 0.3) is 0 Å². The first-order valence-corrected chi connectivity index (χ1v) is 34.8. The summed E-state index contributed by atoms with van der Waals surface area (Å²) in [5.74, 6) is -0.755. The third-order valence-electron chi connectivity index (χ3n) is 17.7. The molecule has 5 atom stereocenters. The van der Waals surface area contributed by atoms with Gasteiger partial charge in [0.25, 0.3) is 11.8 Å². The van der Waals surface area contributed by atoms with Crippen molar-refractivity contribution < 1.29 is 81.3 Å². The van der Waals surface area contributed by atoms with Crippen LogP contribution in [0.3, 0.4) is 0 Å². The number of aliphatic hydroxyl groups is 1. The first-order chi connectivity index (χ1) is 48.0. The Morgan fingerprint density at radius 1 is 0.657 bits per heavy atom. The maximum absolute atomic E-state index is 14.6. The second-order valence-corrected chi connectivity index (χ2v) is 25.4. The first-order valence-electron chi connectivity index (χ1n) is 34.8. The number of aliphatic imine (C=N–C) groups is 1. The molecule has 3 aromatic rings. The average molecular weight is 1370 g/mol. The van der Waals surface area contributed by atoms with E-state index in [1.807, 2.05) is 44.4 Å². The molecule has 1 unspecified atom stereocenters. The smallest absolute Gasteiger partial charge is 0.416 e. The van der Waals surface area contributed by atoms with E-state index in [1.54, 1.807) is 67.6 Å². The SMILES string of the molecule is C/C=C/C1=CN2C(=O)c3cc(OC)c(OCCCOc4cc5c(cc4OC)C(=O)N4C=C(/C=C/C)C[C@H]4C=N5)cc3N(C(=O)OCc3ccc(NC(=O)[C@H](C)NC(=O)[C@@H](NC(=O)CCOCCOCCOCCOCCNC(=O)CC4CCCCCCCC4)C(C)C)cc3)[C@@H](O)C2CC1. The molecule has 1 fully saturated rings. The average Bonchev–Trinajstić information content (AvgIpc) is 1.63. The Kier molecular flexibility index (Phi) is 30.2. The van der Waals surface area contributed by atoms with Gasteiger partial charge in [0.05, 0.1) is 115 Å². The van der Waals surface area contributed by atoms with Crippen molar-refractivity contribution in [3.05, 3.63) is 113 Å². The Balaban J connectivity index is 0.760. The molecule has 0 spiro atoms. The van der Waals surface area contributed by atoms with Crippen LogP contribution in [0.15, 0.2) is 101 Å². The summed E-state index contributed by atoms with van der Waals surface area (Å²) < 4.78 is 52.0. The van der Waals surface area contributed by atoms with Crippen molar-refractivity contribution in [1.82, 2.24) is 25.8 Å². The molecule has 0 radical (unpaired) electrons. The first kappa shape index (κ1) is 76.1. The van der Waals surface area contributed by atoms with Gasteiger partial charge in [-0.2, -0.15) is 0 Å². The molecule has 3 aromatic carbocycles. The van der Waals surface area contributed by atoms with Gasteiger partial charge in [0.15, 0.2) is 29.2 Å². The molecule has 25 heteroatoms. The predicted octanol–water partition coefficient (Wildman–Crippen LogP) is 9.78. The summed E-state index contributed by atoms with van der Waals surface area (Å²) in [5, 5.41) is 23.4. The van der Waals surface area contributed by atoms with E-state index >= 15 is 0 Å². The van der Waals surface area contributed by atoms with Crippen LogP contribution < -0.4 is 45.1 Å². The second-order valence-electron chi connectivity index (χ2n) is 25.4. The lowest BCUT2D eigenvalue weighted by Gasteiger charge is -2.37. The van der Waals surface area contributed by atoms with Crippen LogP contribution in [-0.2, 0) is 49.5 Å². The Hall–Kier alpha value is -8.62. The van der Waals surface area contributed by atoms with Gasteiger partial charge in [-0.3, -0.25) is 33.8 Å². The number of allylic oxidation sites excluding steroid dienone is 5. The molecule has 5 aliphatic rings. The highest BCUT2D eigenvalue weighted by Gasteiger charge is 2.44. The Bertz CT molecular complexity index is 3380. The van der Waals surface area contributed by atoms with Crippen LogP contribution in [0.2, 0.25) is 0 Å². The molecule has 1 aliphatic carbocycles. The number of nitrogens with one attached hydrogen (secondary N) is 4. The second kappa shape index (κ2) is 39.2. The molecule has 1 saturated carbocycles. The summed E-state index contributed by atoms with van der Waals surface area (Å²) in [4.78, 5) is 104. The van der Waals surface area contributed by atoms with Crippen LogP contribution in [0.5, 0.6) is 23.0 Å². The monoisotopic (exact) mass is 1370 g/mol. The largest absolute Gasteiger partial charge is 0.493 e. The van der Waals surface area contributed by atoms with Crippen LogP contribution in [-0.4, -0.2) is 180 Å². The molecule has 538 valence electrons. The maximum Gasteiger partial charge on any atom is 0.416 e. The number of hydrogen-bond acceptors (Lipinski definition) is 18. The third-order valence-corrected chi connectivity index (χ3v) is 17.7. The Morgan fingerprint density at radius 2 is 1.25 bits per heavy atom. The molecule has 4 heterocycles. The number of aliphatic hydroxyl groups excluding tert-OH is 1. The van der Waals surface area contributed by atoms with Gasteiger partial charge < -0.3 is 78.8 Å². The van der Waals surface area contributed by atoms with Crippen molar-refractivity contribution >= 4 is 64.8 Å². The Morgan fingerprint density at radius 3 is 1.90 bits per heavy atom. The standard InChI is InChI=1S/C74H100N8O17/c1-8-17-52-23-26-60-73(89)82(61-44-65(63(92-7)42-58(61)72(88)81(60)46-52)98-30-16-29-97-64-43-59-57(41-62(64)91-6)71(87)80-47-54(18-9-2)39-56(80)45-76-59)74(90)99-48-53-21-24-55(25-22-53)78-69(85)50(5)77-70(86)68(49(3)4)79-66(83)27-31-93-33-35-95-37-38-96-36-34-94-32-28-75-67(84)40-51-19-14-12-10-11-13-15-20-51/h8-9,17-18,21-22,24-25,41-47,49-51,56,60,68,73,89H,10-16,19-20,23,26-40,48H2,1-7H3,(H,75,84)(H,77,86)(H,78,85)(H,79,83)/b17-8+,18-9+/t50-,56-,60?,68-,73-/m0/s1. The summed E-state index contributed by atoms with van der Waals surface area (Å²) in [7, 11) is 2.92. The van der Waals surface area contributed by atoms with E-state index in [0.717, 1.165) is 28.9 Å². The number of hydrogen-bond donors (Lipinski definition) is 5. The van der Waals surface area contributed by atoms with Crippen molar-refractivity contribution in [2.24, 2.45) is 16.8 Å². The highest BCUT2D eigenvalue weighted by atomic mass is 16.6. The Labute approximate surface area is 581 Å². The molecular weight excluding hydrogens is 1270 g/mol. The number of carbonyl (C=O) groups excluding carboxylic acids is 7. The van der Waals surface area contributed by atoms with Crippen LogP contribution >= 0.6 is 0 Å². The van der Waals surface area contributed by atoms with Gasteiger partial charge in [0.1, 0.15) is 18.7 Å². The van der Waals surface area contributed by atoms with Gasteiger partial charge in [-0.1, -0.05) is 88.8 Å². The molecule has 5 N–H and O–H groups in total. The zero-order valence-electron chi connectivity index (χ0n) is 58.4. The minimum atomic E-state index is -1.56. The molecule has 99 heavy (non-hydrogen) atoms. The number of benzene rings is 3. The summed E-state index contributed by atoms with van der Waals surface area (Å²) in [5.41, 5.74) is 3.72. The topological polar surface area (TPSA) is 293 Å². The number of methoxy groups -OCH3 is 2. The molecule has 0 aromatic heterocycles. The van der Waals surface area contributed by atoms with Crippen LogP contribution in [0.1, 0.15) is 151 Å². The van der Waals surface area contributed by atoms with E-state index in [4.69, 9.17) is 42.6 Å². The van der Waals surface area contributed by atoms with Crippen molar-refractivity contribution in [1.29, 1.82) is 0 Å². The van der Waals surface area contributed by atoms with Crippen LogP contribution in [0, 0.1) is 11.8 Å². The van der Waals surface area contributed by atoms with E-state index in [-0.39, 0.29) is 86.0 Å². The molecule has 0 saturated heterocycles. The number of nitrogens with zero attached hydrogens (tertiary/aromatic N) is 4. The number of anilines is 2. The number of amides is 7. The fraction of sp³-hybridized carbons (Fsp3) is 0.541. The molecule has 7 amide bonds. The summed E-state index contributed by atoms with van der Waals surface area (Å²) >= 11 is 0. The predicted molar refractivity (Wildman–Crippen MR) is 373 cm³/mol. The normalized spacial score (nSPS) is 18.5. The number of fused-ring (bicyclic) bond motifs is 4. The van der Waals surface area contributed by atoms with Crippen molar-refractivity contribution in [3.63, 3.8) is 0 Å². The van der Waals surface area contributed by atoms with Crippen LogP contribution in [0.4, 0.5) is 21.9 Å². The lowest BCUT2D eigenvalue weighted by molar-refractivity contribution is -0.132. The van der Waals surface area contributed by atoms with Gasteiger partial charge in [-0.15, -0.1) is 0 Å². The van der Waals surface area contributed by atoms with Gasteiger partial charge in [0, 0.05) is 62.2 Å². The van der Waals surface area contributed by atoms with E-state index in [2.05, 4.69) is 26.3 Å². The van der Waals surface area contributed by atoms with E-state index in [9.17, 15) is 38.7 Å². The van der Waals surface area contributed by atoms with Crippen molar-refractivity contribution in [2.45, 2.75) is 162 Å². The maximum atomic E-state index is 14.6. The summed E-state index contributed by atoms with van der Waals surface area (Å²) in [6.07, 6.45) is 22.8. The van der Waals surface area contributed by atoms with Gasteiger partial charge in [0.2, 0.25) is 23.6 Å². The van der Waals surface area contributed by atoms with E-state index in [0.29, 0.717) is 118 Å². The molecule has 8 rings (SSSR count). The lowest BCUT2D eigenvalue weighted by Crippen LogP contribution is -2.53. The van der Waals surface area contributed by atoms with Crippen molar-refractivity contribution in [2.75, 3.05) is 97.0 Å². The van der Waals surface area contributed by atoms with Gasteiger partial charge >= 0.3 is 6.09 Å². The number of ether oxygens (including phenoxy) is 9. The van der Waals surface area contributed by atoms with Crippen molar-refractivity contribution in [3.8, 4) is 23.0 Å². The summed E-state index contributed by atoms with van der Waals surface area (Å²) in [6, 6.07) is 9.75. The fourth-order valence-electron chi connectivity index (χ4n) is 12.4. The minimum absolute atomic E-state index is 0.0000444. The molecule has 0 bridgehead atoms. The molecule has 4 aliphatic heterocycles. The van der Waals surface area contributed by atoms with Gasteiger partial charge in [-0.05, 0) is 106 Å². The zero-order valence-corrected chi connectivity index (χ0v) is 58.4. The highest BCUT2D eigenvalue weighted by Crippen LogP contribution is 2.43. The number of carbonyl (C=O) groups is 7.